The highest BCUT2D eigenvalue weighted by atomic mass is 16.3. The van der Waals surface area contributed by atoms with Crippen LogP contribution in [0.15, 0.2) is 29.3 Å². The molecule has 74 valence electrons. The van der Waals surface area contributed by atoms with E-state index in [1.807, 2.05) is 25.3 Å². The zero-order valence-electron chi connectivity index (χ0n) is 8.35. The Balaban J connectivity index is 2.30. The third-order valence-electron chi connectivity index (χ3n) is 2.71. The van der Waals surface area contributed by atoms with Crippen molar-refractivity contribution in [2.24, 2.45) is 4.99 Å². The van der Waals surface area contributed by atoms with Gasteiger partial charge in [-0.05, 0) is 24.5 Å². The maximum Gasteiger partial charge on any atom is 0.0698 e. The zero-order chi connectivity index (χ0) is 9.97. The minimum Gasteiger partial charge on any atom is -0.392 e. The third-order valence-corrected chi connectivity index (χ3v) is 2.71. The van der Waals surface area contributed by atoms with Gasteiger partial charge in [0, 0.05) is 18.7 Å². The van der Waals surface area contributed by atoms with E-state index in [4.69, 9.17) is 0 Å². The number of aliphatic hydroxyl groups excluding tert-OH is 1. The van der Waals surface area contributed by atoms with Crippen LogP contribution in [-0.4, -0.2) is 24.0 Å². The van der Waals surface area contributed by atoms with Gasteiger partial charge in [0.2, 0.25) is 0 Å². The minimum absolute atomic E-state index is 0.103. The van der Waals surface area contributed by atoms with Gasteiger partial charge in [0.05, 0.1) is 6.10 Å². The van der Waals surface area contributed by atoms with Crippen LogP contribution < -0.4 is 0 Å². The lowest BCUT2D eigenvalue weighted by Gasteiger charge is -2.09. The molecule has 0 aliphatic heterocycles. The molecule has 0 saturated heterocycles. The van der Waals surface area contributed by atoms with Crippen molar-refractivity contribution < 1.29 is 5.11 Å². The molecule has 2 atom stereocenters. The summed E-state index contributed by atoms with van der Waals surface area (Å²) in [6, 6.07) is 8.20. The molecule has 1 aliphatic rings. The number of hydrogen-bond donors (Lipinski definition) is 1. The van der Waals surface area contributed by atoms with Crippen LogP contribution in [-0.2, 0) is 6.42 Å². The van der Waals surface area contributed by atoms with Gasteiger partial charge in [0.15, 0.2) is 0 Å². The van der Waals surface area contributed by atoms with Crippen LogP contribution in [0, 0.1) is 0 Å². The fourth-order valence-electron chi connectivity index (χ4n) is 2.00. The first-order chi connectivity index (χ1) is 6.83. The van der Waals surface area contributed by atoms with E-state index in [0.717, 1.165) is 13.0 Å². The highest BCUT2D eigenvalue weighted by molar-refractivity contribution is 5.71. The maximum atomic E-state index is 9.85. The molecule has 14 heavy (non-hydrogen) atoms. The van der Waals surface area contributed by atoms with Gasteiger partial charge in [-0.2, -0.15) is 0 Å². The molecule has 1 aliphatic carbocycles. The lowest BCUT2D eigenvalue weighted by atomic mass is 10.0. The van der Waals surface area contributed by atoms with Crippen LogP contribution in [0.2, 0.25) is 0 Å². The van der Waals surface area contributed by atoms with Crippen molar-refractivity contribution in [2.45, 2.75) is 25.4 Å². The predicted octanol–water partition coefficient (Wildman–Crippen LogP) is 1.78. The van der Waals surface area contributed by atoms with E-state index in [1.165, 1.54) is 11.1 Å². The van der Waals surface area contributed by atoms with Crippen molar-refractivity contribution in [3.05, 3.63) is 35.4 Å². The number of aliphatic hydroxyl groups is 1. The molecular formula is C12H15NO. The van der Waals surface area contributed by atoms with Crippen molar-refractivity contribution in [1.29, 1.82) is 0 Å². The first-order valence-electron chi connectivity index (χ1n) is 5.08. The van der Waals surface area contributed by atoms with Crippen molar-refractivity contribution in [1.82, 2.24) is 0 Å². The molecule has 2 rings (SSSR count). The van der Waals surface area contributed by atoms with Gasteiger partial charge in [0.25, 0.3) is 0 Å². The van der Waals surface area contributed by atoms with Gasteiger partial charge >= 0.3 is 0 Å². The van der Waals surface area contributed by atoms with E-state index in [-0.39, 0.29) is 12.0 Å². The molecule has 0 radical (unpaired) electrons. The number of aliphatic imine (C=N–C) groups is 1. The Kier molecular flexibility index (Phi) is 2.64. The molecule has 2 nitrogen and oxygen atoms in total. The molecule has 1 aromatic rings. The third kappa shape index (κ3) is 1.58. The predicted molar refractivity (Wildman–Crippen MR) is 57.9 cm³/mol. The number of hydrogen-bond acceptors (Lipinski definition) is 2. The topological polar surface area (TPSA) is 32.6 Å². The lowest BCUT2D eigenvalue weighted by molar-refractivity contribution is 0.179. The summed E-state index contributed by atoms with van der Waals surface area (Å²) in [5.41, 5.74) is 2.49. The standard InChI is InChI=1S/C12H15NO/c1-2-13-8-11-10-6-4-3-5-9(10)7-12(11)14/h3-6,8,11-12,14H,2,7H2,1H3. The van der Waals surface area contributed by atoms with Crippen LogP contribution in [0.1, 0.15) is 24.0 Å². The molecule has 0 fully saturated rings. The summed E-state index contributed by atoms with van der Waals surface area (Å²) in [6.07, 6.45) is 2.36. The fourth-order valence-corrected chi connectivity index (χ4v) is 2.00. The van der Waals surface area contributed by atoms with Gasteiger partial charge in [-0.25, -0.2) is 0 Å². The summed E-state index contributed by atoms with van der Waals surface area (Å²) in [5.74, 6) is 0.103. The van der Waals surface area contributed by atoms with Gasteiger partial charge in [-0.15, -0.1) is 0 Å². The lowest BCUT2D eigenvalue weighted by Crippen LogP contribution is -2.14. The molecule has 2 heteroatoms. The minimum atomic E-state index is -0.289. The maximum absolute atomic E-state index is 9.85. The Labute approximate surface area is 84.3 Å². The van der Waals surface area contributed by atoms with Gasteiger partial charge < -0.3 is 5.11 Å². The SMILES string of the molecule is CCN=CC1c2ccccc2CC1O. The number of benzene rings is 1. The van der Waals surface area contributed by atoms with Crippen LogP contribution in [0.5, 0.6) is 0 Å². The second kappa shape index (κ2) is 3.93. The van der Waals surface area contributed by atoms with Crippen LogP contribution in [0.3, 0.4) is 0 Å². The second-order valence-electron chi connectivity index (χ2n) is 3.64. The summed E-state index contributed by atoms with van der Waals surface area (Å²) in [6.45, 7) is 2.79. The number of fused-ring (bicyclic) bond motifs is 1. The van der Waals surface area contributed by atoms with E-state index in [2.05, 4.69) is 17.1 Å². The summed E-state index contributed by atoms with van der Waals surface area (Å²) in [5, 5.41) is 9.85. The monoisotopic (exact) mass is 189 g/mol. The first-order valence-corrected chi connectivity index (χ1v) is 5.08. The van der Waals surface area contributed by atoms with E-state index >= 15 is 0 Å². The van der Waals surface area contributed by atoms with Gasteiger partial charge in [-0.1, -0.05) is 24.3 Å². The Morgan fingerprint density at radius 3 is 3.07 bits per heavy atom. The highest BCUT2D eigenvalue weighted by Crippen LogP contribution is 2.31. The quantitative estimate of drug-likeness (QED) is 0.707. The molecule has 0 heterocycles. The zero-order valence-corrected chi connectivity index (χ0v) is 8.35. The second-order valence-corrected chi connectivity index (χ2v) is 3.64. The first kappa shape index (κ1) is 9.41. The molecule has 0 bridgehead atoms. The van der Waals surface area contributed by atoms with Gasteiger partial charge in [-0.3, -0.25) is 4.99 Å². The Morgan fingerprint density at radius 2 is 2.29 bits per heavy atom. The summed E-state index contributed by atoms with van der Waals surface area (Å²) >= 11 is 0. The Morgan fingerprint density at radius 1 is 1.50 bits per heavy atom. The average Bonchev–Trinajstić information content (AvgIpc) is 2.51. The molecule has 1 N–H and O–H groups in total. The Hall–Kier alpha value is -1.15. The molecule has 2 unspecified atom stereocenters. The number of nitrogens with zero attached hydrogens (tertiary/aromatic N) is 1. The summed E-state index contributed by atoms with van der Waals surface area (Å²) in [4.78, 5) is 4.22. The molecule has 0 aromatic heterocycles. The molecule has 0 spiro atoms. The number of rotatable bonds is 2. The fraction of sp³-hybridized carbons (Fsp3) is 0.417. The Bertz CT molecular complexity index is 346. The van der Waals surface area contributed by atoms with Crippen molar-refractivity contribution >= 4 is 6.21 Å². The van der Waals surface area contributed by atoms with Crippen molar-refractivity contribution in [2.75, 3.05) is 6.54 Å². The molecule has 0 amide bonds. The molecule has 0 saturated carbocycles. The molecular weight excluding hydrogens is 174 g/mol. The van der Waals surface area contributed by atoms with Crippen molar-refractivity contribution in [3.63, 3.8) is 0 Å². The van der Waals surface area contributed by atoms with Crippen LogP contribution in [0.25, 0.3) is 0 Å². The van der Waals surface area contributed by atoms with E-state index in [9.17, 15) is 5.11 Å². The van der Waals surface area contributed by atoms with Crippen LogP contribution in [0.4, 0.5) is 0 Å². The van der Waals surface area contributed by atoms with E-state index in [1.54, 1.807) is 0 Å². The highest BCUT2D eigenvalue weighted by Gasteiger charge is 2.28. The summed E-state index contributed by atoms with van der Waals surface area (Å²) in [7, 11) is 0. The van der Waals surface area contributed by atoms with Gasteiger partial charge in [0.1, 0.15) is 0 Å². The smallest absolute Gasteiger partial charge is 0.0698 e. The van der Waals surface area contributed by atoms with E-state index < -0.39 is 0 Å². The normalized spacial score (nSPS) is 25.6. The van der Waals surface area contributed by atoms with Crippen molar-refractivity contribution in [3.8, 4) is 0 Å². The average molecular weight is 189 g/mol. The summed E-state index contributed by atoms with van der Waals surface area (Å²) < 4.78 is 0. The van der Waals surface area contributed by atoms with E-state index in [0.29, 0.717) is 0 Å². The molecule has 1 aromatic carbocycles. The largest absolute Gasteiger partial charge is 0.392 e. The van der Waals surface area contributed by atoms with Crippen LogP contribution >= 0.6 is 0 Å².